The predicted molar refractivity (Wildman–Crippen MR) is 84.8 cm³/mol. The molecular formula is C17H27N3O. The van der Waals surface area contributed by atoms with Gasteiger partial charge in [0.15, 0.2) is 0 Å². The van der Waals surface area contributed by atoms with Crippen molar-refractivity contribution in [2.75, 3.05) is 13.1 Å². The van der Waals surface area contributed by atoms with Crippen molar-refractivity contribution in [1.29, 1.82) is 0 Å². The molecule has 2 saturated heterocycles. The lowest BCUT2D eigenvalue weighted by Gasteiger charge is -2.28. The van der Waals surface area contributed by atoms with E-state index in [1.165, 1.54) is 12.1 Å². The van der Waals surface area contributed by atoms with Gasteiger partial charge in [-0.15, -0.1) is 0 Å². The van der Waals surface area contributed by atoms with Crippen LogP contribution in [0.2, 0.25) is 0 Å². The van der Waals surface area contributed by atoms with Gasteiger partial charge in [-0.1, -0.05) is 0 Å². The number of nitrogens with one attached hydrogen (secondary N) is 1. The van der Waals surface area contributed by atoms with E-state index in [0.29, 0.717) is 18.1 Å². The fourth-order valence-electron chi connectivity index (χ4n) is 4.24. The maximum absolute atomic E-state index is 13.1. The monoisotopic (exact) mass is 289 g/mol. The molecule has 2 bridgehead atoms. The Morgan fingerprint density at radius 3 is 2.62 bits per heavy atom. The first kappa shape index (κ1) is 14.6. The first-order valence-corrected chi connectivity index (χ1v) is 8.22. The van der Waals surface area contributed by atoms with Crippen LogP contribution in [0.3, 0.4) is 0 Å². The summed E-state index contributed by atoms with van der Waals surface area (Å²) in [6, 6.07) is 3.29. The Morgan fingerprint density at radius 1 is 1.24 bits per heavy atom. The summed E-state index contributed by atoms with van der Waals surface area (Å²) in [5, 5.41) is 3.47. The van der Waals surface area contributed by atoms with E-state index >= 15 is 0 Å². The average molecular weight is 289 g/mol. The van der Waals surface area contributed by atoms with Crippen LogP contribution in [0.5, 0.6) is 0 Å². The number of amides is 1. The highest BCUT2D eigenvalue weighted by Gasteiger charge is 2.39. The van der Waals surface area contributed by atoms with Gasteiger partial charge in [0.2, 0.25) is 0 Å². The highest BCUT2D eigenvalue weighted by molar-refractivity contribution is 5.96. The molecule has 1 aromatic rings. The minimum atomic E-state index is 0.242. The van der Waals surface area contributed by atoms with Gasteiger partial charge in [0.25, 0.3) is 5.91 Å². The van der Waals surface area contributed by atoms with Crippen molar-refractivity contribution in [2.24, 2.45) is 0 Å². The molecule has 1 aromatic heterocycles. The fourth-order valence-corrected chi connectivity index (χ4v) is 4.24. The molecule has 4 nitrogen and oxygen atoms in total. The Morgan fingerprint density at radius 2 is 1.95 bits per heavy atom. The molecule has 2 atom stereocenters. The number of hydrogen-bond donors (Lipinski definition) is 1. The quantitative estimate of drug-likeness (QED) is 0.909. The molecule has 2 fully saturated rings. The molecule has 1 N–H and O–H groups in total. The van der Waals surface area contributed by atoms with E-state index < -0.39 is 0 Å². The van der Waals surface area contributed by atoms with Gasteiger partial charge in [-0.3, -0.25) is 4.79 Å². The Bertz CT molecular complexity index is 532. The van der Waals surface area contributed by atoms with E-state index in [-0.39, 0.29) is 5.91 Å². The molecule has 3 rings (SSSR count). The van der Waals surface area contributed by atoms with E-state index in [0.717, 1.165) is 37.2 Å². The van der Waals surface area contributed by atoms with Crippen molar-refractivity contribution in [2.45, 2.75) is 65.1 Å². The molecule has 0 radical (unpaired) electrons. The molecule has 1 amide bonds. The first-order valence-electron chi connectivity index (χ1n) is 8.22. The van der Waals surface area contributed by atoms with Crippen molar-refractivity contribution < 1.29 is 4.79 Å². The highest BCUT2D eigenvalue weighted by atomic mass is 16.2. The summed E-state index contributed by atoms with van der Waals surface area (Å²) < 4.78 is 2.27. The van der Waals surface area contributed by atoms with Crippen LogP contribution < -0.4 is 5.32 Å². The summed E-state index contributed by atoms with van der Waals surface area (Å²) in [5.41, 5.74) is 3.20. The number of rotatable bonds is 2. The number of fused-ring (bicyclic) bond motifs is 2. The Labute approximate surface area is 127 Å². The molecule has 0 aliphatic carbocycles. The van der Waals surface area contributed by atoms with Crippen LogP contribution >= 0.6 is 0 Å². The molecule has 2 aliphatic heterocycles. The molecule has 0 aromatic carbocycles. The summed E-state index contributed by atoms with van der Waals surface area (Å²) in [4.78, 5) is 15.3. The standard InChI is InChI=1S/C17H27N3O/c1-11(2)19-12(3)9-16(13(19)4)17(21)20-14-5-6-15(20)10-18-8-7-14/h9,11,14-15,18H,5-8,10H2,1-4H3. The summed E-state index contributed by atoms with van der Waals surface area (Å²) in [5.74, 6) is 0.242. The number of carbonyl (C=O) groups is 1. The van der Waals surface area contributed by atoms with Crippen LogP contribution in [-0.4, -0.2) is 40.5 Å². The smallest absolute Gasteiger partial charge is 0.256 e. The average Bonchev–Trinajstić information content (AvgIpc) is 2.84. The van der Waals surface area contributed by atoms with Crippen LogP contribution in [-0.2, 0) is 0 Å². The fraction of sp³-hybridized carbons (Fsp3) is 0.706. The number of aromatic nitrogens is 1. The normalized spacial score (nSPS) is 25.5. The third kappa shape index (κ3) is 2.39. The minimum Gasteiger partial charge on any atom is -0.346 e. The third-order valence-corrected chi connectivity index (χ3v) is 5.12. The molecule has 3 heterocycles. The largest absolute Gasteiger partial charge is 0.346 e. The summed E-state index contributed by atoms with van der Waals surface area (Å²) in [6.45, 7) is 10.5. The summed E-state index contributed by atoms with van der Waals surface area (Å²) in [6.07, 6.45) is 3.40. The second-order valence-corrected chi connectivity index (χ2v) is 6.84. The van der Waals surface area contributed by atoms with Gasteiger partial charge in [-0.2, -0.15) is 0 Å². The molecule has 2 unspecified atom stereocenters. The lowest BCUT2D eigenvalue weighted by Crippen LogP contribution is -2.42. The third-order valence-electron chi connectivity index (χ3n) is 5.12. The zero-order chi connectivity index (χ0) is 15.1. The lowest BCUT2D eigenvalue weighted by molar-refractivity contribution is 0.0679. The van der Waals surface area contributed by atoms with E-state index in [2.05, 4.69) is 48.5 Å². The molecule has 4 heteroatoms. The SMILES string of the molecule is Cc1cc(C(=O)N2C3CCNCC2CC3)c(C)n1C(C)C. The van der Waals surface area contributed by atoms with Gasteiger partial charge >= 0.3 is 0 Å². The first-order chi connectivity index (χ1) is 10.0. The van der Waals surface area contributed by atoms with E-state index in [4.69, 9.17) is 0 Å². The van der Waals surface area contributed by atoms with Gasteiger partial charge in [0.05, 0.1) is 5.56 Å². The van der Waals surface area contributed by atoms with Crippen LogP contribution in [0, 0.1) is 13.8 Å². The Kier molecular flexibility index (Phi) is 3.82. The predicted octanol–water partition coefficient (Wildman–Crippen LogP) is 2.65. The van der Waals surface area contributed by atoms with Crippen molar-refractivity contribution in [3.05, 3.63) is 23.0 Å². The maximum Gasteiger partial charge on any atom is 0.256 e. The number of aryl methyl sites for hydroxylation is 1. The molecular weight excluding hydrogens is 262 g/mol. The summed E-state index contributed by atoms with van der Waals surface area (Å²) in [7, 11) is 0. The molecule has 0 saturated carbocycles. The number of nitrogens with zero attached hydrogens (tertiary/aromatic N) is 2. The molecule has 116 valence electrons. The van der Waals surface area contributed by atoms with Gasteiger partial charge in [-0.05, 0) is 59.6 Å². The van der Waals surface area contributed by atoms with Crippen molar-refractivity contribution >= 4 is 5.91 Å². The zero-order valence-corrected chi connectivity index (χ0v) is 13.6. The zero-order valence-electron chi connectivity index (χ0n) is 13.6. The minimum absolute atomic E-state index is 0.242. The van der Waals surface area contributed by atoms with Crippen LogP contribution in [0.25, 0.3) is 0 Å². The van der Waals surface area contributed by atoms with Crippen molar-refractivity contribution in [3.8, 4) is 0 Å². The second kappa shape index (κ2) is 5.48. The Balaban J connectivity index is 1.94. The van der Waals surface area contributed by atoms with Crippen LogP contribution in [0.15, 0.2) is 6.07 Å². The highest BCUT2D eigenvalue weighted by Crippen LogP contribution is 2.31. The van der Waals surface area contributed by atoms with Crippen LogP contribution in [0.1, 0.15) is 60.9 Å². The van der Waals surface area contributed by atoms with E-state index in [1.807, 2.05) is 0 Å². The van der Waals surface area contributed by atoms with Crippen molar-refractivity contribution in [1.82, 2.24) is 14.8 Å². The number of carbonyl (C=O) groups excluding carboxylic acids is 1. The van der Waals surface area contributed by atoms with E-state index in [9.17, 15) is 4.79 Å². The van der Waals surface area contributed by atoms with Gasteiger partial charge < -0.3 is 14.8 Å². The molecule has 2 aliphatic rings. The molecule has 0 spiro atoms. The lowest BCUT2D eigenvalue weighted by atomic mass is 10.1. The van der Waals surface area contributed by atoms with Crippen LogP contribution in [0.4, 0.5) is 0 Å². The summed E-state index contributed by atoms with van der Waals surface area (Å²) >= 11 is 0. The maximum atomic E-state index is 13.1. The van der Waals surface area contributed by atoms with E-state index in [1.54, 1.807) is 0 Å². The number of hydrogen-bond acceptors (Lipinski definition) is 2. The second-order valence-electron chi connectivity index (χ2n) is 6.84. The van der Waals surface area contributed by atoms with Gasteiger partial charge in [-0.25, -0.2) is 0 Å². The van der Waals surface area contributed by atoms with Crippen molar-refractivity contribution in [3.63, 3.8) is 0 Å². The van der Waals surface area contributed by atoms with Gasteiger partial charge in [0.1, 0.15) is 0 Å². The topological polar surface area (TPSA) is 37.3 Å². The van der Waals surface area contributed by atoms with Gasteiger partial charge in [0, 0.05) is 36.1 Å². The molecule has 21 heavy (non-hydrogen) atoms. The Hall–Kier alpha value is -1.29.